The van der Waals surface area contributed by atoms with Gasteiger partial charge in [0.1, 0.15) is 0 Å². The van der Waals surface area contributed by atoms with Crippen LogP contribution in [0.25, 0.3) is 0 Å². The van der Waals surface area contributed by atoms with Crippen molar-refractivity contribution in [2.45, 2.75) is 57.4 Å². The van der Waals surface area contributed by atoms with E-state index in [-0.39, 0.29) is 0 Å². The van der Waals surface area contributed by atoms with E-state index in [1.807, 2.05) is 6.08 Å². The quantitative estimate of drug-likeness (QED) is 0.502. The number of rotatable bonds is 7. The molecule has 0 amide bonds. The Hall–Kier alpha value is -0.300. The topological polar surface area (TPSA) is 26.0 Å². The van der Waals surface area contributed by atoms with Crippen molar-refractivity contribution in [2.75, 3.05) is 0 Å². The fraction of sp³-hybridized carbons (Fsp3) is 0.857. The highest BCUT2D eigenvalue weighted by Crippen LogP contribution is 2.55. The summed E-state index contributed by atoms with van der Waals surface area (Å²) in [5, 5.41) is 0. The van der Waals surface area contributed by atoms with E-state index in [0.717, 1.165) is 17.8 Å². The molecule has 0 aliphatic heterocycles. The maximum Gasteiger partial charge on any atom is 0.00673 e. The molecule has 2 fully saturated rings. The molecule has 0 aromatic rings. The number of allylic oxidation sites excluding steroid dienone is 1. The lowest BCUT2D eigenvalue weighted by molar-refractivity contribution is 0.367. The Kier molecular flexibility index (Phi) is 3.85. The van der Waals surface area contributed by atoms with Gasteiger partial charge in [0.2, 0.25) is 0 Å². The summed E-state index contributed by atoms with van der Waals surface area (Å²) in [4.78, 5) is 0. The van der Waals surface area contributed by atoms with Crippen molar-refractivity contribution in [2.24, 2.45) is 23.5 Å². The minimum atomic E-state index is 0.501. The van der Waals surface area contributed by atoms with Gasteiger partial charge in [-0.05, 0) is 56.3 Å². The van der Waals surface area contributed by atoms with Crippen LogP contribution in [0, 0.1) is 17.8 Å². The second-order valence-corrected chi connectivity index (χ2v) is 5.58. The average molecular weight is 207 g/mol. The number of fused-ring (bicyclic) bond motifs is 1. The Balaban J connectivity index is 1.52. The lowest BCUT2D eigenvalue weighted by Gasteiger charge is -2.20. The van der Waals surface area contributed by atoms with Gasteiger partial charge in [0.25, 0.3) is 0 Å². The van der Waals surface area contributed by atoms with Gasteiger partial charge in [-0.2, -0.15) is 0 Å². The number of unbranched alkanes of at least 4 members (excludes halogenated alkanes) is 3. The predicted octanol–water partition coefficient (Wildman–Crippen LogP) is 3.50. The van der Waals surface area contributed by atoms with E-state index in [1.165, 1.54) is 51.4 Å². The number of nitrogens with two attached hydrogens (primary N) is 1. The molecule has 0 radical (unpaired) electrons. The Morgan fingerprint density at radius 1 is 1.13 bits per heavy atom. The predicted molar refractivity (Wildman–Crippen MR) is 65.6 cm³/mol. The molecule has 0 saturated heterocycles. The van der Waals surface area contributed by atoms with E-state index in [0.29, 0.717) is 6.04 Å². The van der Waals surface area contributed by atoms with Crippen LogP contribution >= 0.6 is 0 Å². The first-order chi connectivity index (χ1) is 7.31. The maximum absolute atomic E-state index is 6.26. The van der Waals surface area contributed by atoms with Crippen LogP contribution < -0.4 is 5.73 Å². The molecule has 1 nitrogen and oxygen atoms in total. The van der Waals surface area contributed by atoms with Crippen LogP contribution in [0.4, 0.5) is 0 Å². The molecule has 3 atom stereocenters. The summed E-state index contributed by atoms with van der Waals surface area (Å²) >= 11 is 0. The third-order valence-corrected chi connectivity index (χ3v) is 4.33. The van der Waals surface area contributed by atoms with Gasteiger partial charge in [0.15, 0.2) is 0 Å². The molecule has 2 saturated carbocycles. The number of hydrogen-bond donors (Lipinski definition) is 1. The summed E-state index contributed by atoms with van der Waals surface area (Å²) in [5.41, 5.74) is 6.26. The van der Waals surface area contributed by atoms with E-state index >= 15 is 0 Å². The number of hydrogen-bond acceptors (Lipinski definition) is 1. The van der Waals surface area contributed by atoms with Crippen LogP contribution in [0.1, 0.15) is 51.4 Å². The van der Waals surface area contributed by atoms with Crippen LogP contribution in [-0.2, 0) is 0 Å². The molecule has 0 bridgehead atoms. The molecular weight excluding hydrogens is 182 g/mol. The molecule has 0 aromatic carbocycles. The molecule has 2 aliphatic carbocycles. The fourth-order valence-electron chi connectivity index (χ4n) is 3.19. The van der Waals surface area contributed by atoms with E-state index in [4.69, 9.17) is 5.73 Å². The van der Waals surface area contributed by atoms with Gasteiger partial charge in [-0.3, -0.25) is 0 Å². The average Bonchev–Trinajstić information content (AvgIpc) is 2.85. The van der Waals surface area contributed by atoms with E-state index < -0.39 is 0 Å². The molecule has 2 rings (SSSR count). The largest absolute Gasteiger partial charge is 0.327 e. The zero-order valence-corrected chi connectivity index (χ0v) is 9.83. The van der Waals surface area contributed by atoms with Crippen LogP contribution in [0.3, 0.4) is 0 Å². The molecule has 0 spiro atoms. The van der Waals surface area contributed by atoms with Gasteiger partial charge in [-0.15, -0.1) is 6.58 Å². The first kappa shape index (κ1) is 11.2. The Labute approximate surface area is 94.1 Å². The summed E-state index contributed by atoms with van der Waals surface area (Å²) in [6, 6.07) is 0.501. The van der Waals surface area contributed by atoms with Gasteiger partial charge in [0.05, 0.1) is 0 Å². The Morgan fingerprint density at radius 3 is 2.53 bits per heavy atom. The van der Waals surface area contributed by atoms with Crippen LogP contribution in [0.15, 0.2) is 12.7 Å². The maximum atomic E-state index is 6.26. The molecule has 1 heteroatoms. The van der Waals surface area contributed by atoms with Crippen molar-refractivity contribution in [3.8, 4) is 0 Å². The minimum absolute atomic E-state index is 0.501. The first-order valence-corrected chi connectivity index (χ1v) is 6.67. The Bertz CT molecular complexity index is 201. The fourth-order valence-corrected chi connectivity index (χ4v) is 3.19. The summed E-state index contributed by atoms with van der Waals surface area (Å²) in [6.45, 7) is 3.74. The van der Waals surface area contributed by atoms with E-state index in [2.05, 4.69) is 6.58 Å². The molecule has 86 valence electrons. The van der Waals surface area contributed by atoms with Crippen LogP contribution in [-0.4, -0.2) is 6.04 Å². The first-order valence-electron chi connectivity index (χ1n) is 6.67. The second-order valence-electron chi connectivity index (χ2n) is 5.58. The van der Waals surface area contributed by atoms with E-state index in [1.54, 1.807) is 0 Å². The van der Waals surface area contributed by atoms with Gasteiger partial charge in [-0.25, -0.2) is 0 Å². The van der Waals surface area contributed by atoms with Gasteiger partial charge in [-0.1, -0.05) is 18.9 Å². The lowest BCUT2D eigenvalue weighted by atomic mass is 9.91. The summed E-state index contributed by atoms with van der Waals surface area (Å²) in [7, 11) is 0. The van der Waals surface area contributed by atoms with Crippen LogP contribution in [0.5, 0.6) is 0 Å². The van der Waals surface area contributed by atoms with Crippen LogP contribution in [0.2, 0.25) is 0 Å². The normalized spacial score (nSPS) is 34.9. The highest BCUT2D eigenvalue weighted by molar-refractivity contribution is 4.98. The molecule has 15 heavy (non-hydrogen) atoms. The molecular formula is C14H25N. The zero-order valence-electron chi connectivity index (χ0n) is 9.83. The third-order valence-electron chi connectivity index (χ3n) is 4.33. The minimum Gasteiger partial charge on any atom is -0.327 e. The van der Waals surface area contributed by atoms with Gasteiger partial charge in [0, 0.05) is 6.04 Å². The van der Waals surface area contributed by atoms with Gasteiger partial charge < -0.3 is 5.73 Å². The standard InChI is InChI=1S/C14H25N/c1-2-3-4-5-6-7-14(15)13-9-11-8-12(11)10-13/h2,11-14H,1,3-10,15H2. The Morgan fingerprint density at radius 2 is 1.87 bits per heavy atom. The monoisotopic (exact) mass is 207 g/mol. The SMILES string of the molecule is C=CCCCCCC(N)C1CC2CC2C1. The van der Waals surface area contributed by atoms with Crippen molar-refractivity contribution in [3.63, 3.8) is 0 Å². The highest BCUT2D eigenvalue weighted by Gasteiger charge is 2.46. The van der Waals surface area contributed by atoms with Crippen molar-refractivity contribution in [1.82, 2.24) is 0 Å². The van der Waals surface area contributed by atoms with Crippen molar-refractivity contribution in [3.05, 3.63) is 12.7 Å². The second kappa shape index (κ2) is 5.16. The van der Waals surface area contributed by atoms with Gasteiger partial charge >= 0.3 is 0 Å². The zero-order chi connectivity index (χ0) is 10.7. The molecule has 2 aliphatic rings. The van der Waals surface area contributed by atoms with Crippen molar-refractivity contribution in [1.29, 1.82) is 0 Å². The molecule has 2 N–H and O–H groups in total. The molecule has 0 aromatic heterocycles. The summed E-state index contributed by atoms with van der Waals surface area (Å²) in [5.74, 6) is 3.04. The summed E-state index contributed by atoms with van der Waals surface area (Å²) < 4.78 is 0. The van der Waals surface area contributed by atoms with Crippen molar-refractivity contribution >= 4 is 0 Å². The summed E-state index contributed by atoms with van der Waals surface area (Å²) in [6.07, 6.45) is 12.8. The smallest absolute Gasteiger partial charge is 0.00673 e. The van der Waals surface area contributed by atoms with E-state index in [9.17, 15) is 0 Å². The third kappa shape index (κ3) is 3.07. The lowest BCUT2D eigenvalue weighted by Crippen LogP contribution is -2.29. The molecule has 0 heterocycles. The molecule has 3 unspecified atom stereocenters. The van der Waals surface area contributed by atoms with Crippen molar-refractivity contribution < 1.29 is 0 Å². The highest BCUT2D eigenvalue weighted by atomic mass is 14.7.